The molecule has 3 N–H and O–H groups in total. The number of halogens is 1. The molecule has 1 aromatic carbocycles. The highest BCUT2D eigenvalue weighted by atomic mass is 35.5. The number of hydrogen-bond acceptors (Lipinski definition) is 3. The van der Waals surface area contributed by atoms with Crippen molar-refractivity contribution in [1.29, 1.82) is 0 Å². The van der Waals surface area contributed by atoms with Crippen LogP contribution in [0, 0.1) is 0 Å². The lowest BCUT2D eigenvalue weighted by molar-refractivity contribution is 0.305. The maximum Gasteiger partial charge on any atom is 0.142 e. The third-order valence-electron chi connectivity index (χ3n) is 1.57. The fraction of sp³-hybridized carbons (Fsp3) is 0.222. The van der Waals surface area contributed by atoms with Gasteiger partial charge in [-0.15, -0.1) is 0 Å². The van der Waals surface area contributed by atoms with E-state index in [9.17, 15) is 0 Å². The summed E-state index contributed by atoms with van der Waals surface area (Å²) >= 11 is 5.69. The molecule has 0 fully saturated rings. The van der Waals surface area contributed by atoms with E-state index in [0.717, 1.165) is 0 Å². The molecule has 0 heterocycles. The second-order valence-electron chi connectivity index (χ2n) is 2.64. The van der Waals surface area contributed by atoms with Crippen molar-refractivity contribution >= 4 is 17.4 Å². The molecule has 1 rings (SSSR count). The van der Waals surface area contributed by atoms with Crippen molar-refractivity contribution in [2.75, 3.05) is 6.61 Å². The Bertz CT molecular complexity index is 311. The van der Waals surface area contributed by atoms with E-state index in [0.29, 0.717) is 23.8 Å². The Kier molecular flexibility index (Phi) is 4.07. The van der Waals surface area contributed by atoms with Gasteiger partial charge in [0.15, 0.2) is 0 Å². The van der Waals surface area contributed by atoms with Crippen LogP contribution in [-0.2, 0) is 0 Å². The lowest BCUT2D eigenvalue weighted by Crippen LogP contribution is -2.15. The molecular weight excluding hydrogens is 204 g/mol. The minimum Gasteiger partial charge on any atom is -0.493 e. The van der Waals surface area contributed by atoms with Gasteiger partial charge in [0.25, 0.3) is 0 Å². The summed E-state index contributed by atoms with van der Waals surface area (Å²) in [7, 11) is 0. The highest BCUT2D eigenvalue weighted by molar-refractivity contribution is 6.30. The maximum atomic E-state index is 8.26. The molecule has 0 unspecified atom stereocenters. The summed E-state index contributed by atoms with van der Waals surface area (Å²) in [5.41, 5.74) is 5.26. The molecule has 4 nitrogen and oxygen atoms in total. The van der Waals surface area contributed by atoms with Crippen LogP contribution in [0.15, 0.2) is 29.4 Å². The Balaban J connectivity index is 2.35. The van der Waals surface area contributed by atoms with Crippen molar-refractivity contribution in [3.05, 3.63) is 29.3 Å². The standard InChI is InChI=1S/C9H11ClN2O2/c10-7-1-3-8(4-2-7)14-6-5-9(11)12-13/h1-4,13H,5-6H2,(H2,11,12). The molecule has 76 valence electrons. The van der Waals surface area contributed by atoms with E-state index in [-0.39, 0.29) is 5.84 Å². The summed E-state index contributed by atoms with van der Waals surface area (Å²) in [6.45, 7) is 0.373. The van der Waals surface area contributed by atoms with E-state index in [1.165, 1.54) is 0 Å². The highest BCUT2D eigenvalue weighted by Crippen LogP contribution is 2.15. The average molecular weight is 215 g/mol. The molecule has 14 heavy (non-hydrogen) atoms. The molecule has 0 aliphatic carbocycles. The van der Waals surface area contributed by atoms with E-state index < -0.39 is 0 Å². The maximum absolute atomic E-state index is 8.26. The van der Waals surface area contributed by atoms with Crippen LogP contribution in [0.3, 0.4) is 0 Å². The number of benzene rings is 1. The smallest absolute Gasteiger partial charge is 0.142 e. The van der Waals surface area contributed by atoms with Crippen molar-refractivity contribution in [2.45, 2.75) is 6.42 Å². The van der Waals surface area contributed by atoms with Crippen LogP contribution < -0.4 is 10.5 Å². The van der Waals surface area contributed by atoms with Gasteiger partial charge in [-0.2, -0.15) is 0 Å². The van der Waals surface area contributed by atoms with Crippen LogP contribution in [-0.4, -0.2) is 17.6 Å². The molecular formula is C9H11ClN2O2. The van der Waals surface area contributed by atoms with Crippen LogP contribution in [0.5, 0.6) is 5.75 Å². The molecule has 0 saturated heterocycles. The lowest BCUT2D eigenvalue weighted by Gasteiger charge is -2.04. The largest absolute Gasteiger partial charge is 0.493 e. The topological polar surface area (TPSA) is 67.8 Å². The second kappa shape index (κ2) is 5.34. The third kappa shape index (κ3) is 3.53. The number of ether oxygens (including phenoxy) is 1. The molecule has 0 spiro atoms. The molecule has 0 atom stereocenters. The van der Waals surface area contributed by atoms with E-state index >= 15 is 0 Å². The van der Waals surface area contributed by atoms with Gasteiger partial charge in [-0.25, -0.2) is 0 Å². The van der Waals surface area contributed by atoms with Crippen LogP contribution in [0.4, 0.5) is 0 Å². The minimum absolute atomic E-state index is 0.152. The Labute approximate surface area is 86.9 Å². The fourth-order valence-electron chi connectivity index (χ4n) is 0.854. The van der Waals surface area contributed by atoms with Crippen molar-refractivity contribution < 1.29 is 9.94 Å². The zero-order chi connectivity index (χ0) is 10.4. The van der Waals surface area contributed by atoms with Gasteiger partial charge in [0, 0.05) is 11.4 Å². The van der Waals surface area contributed by atoms with Gasteiger partial charge in [-0.05, 0) is 24.3 Å². The molecule has 0 radical (unpaired) electrons. The summed E-state index contributed by atoms with van der Waals surface area (Å²) in [4.78, 5) is 0. The molecule has 0 aromatic heterocycles. The van der Waals surface area contributed by atoms with Gasteiger partial charge in [-0.1, -0.05) is 16.8 Å². The fourth-order valence-corrected chi connectivity index (χ4v) is 0.980. The first-order valence-corrected chi connectivity index (χ1v) is 4.45. The summed E-state index contributed by atoms with van der Waals surface area (Å²) < 4.78 is 5.30. The van der Waals surface area contributed by atoms with E-state index in [2.05, 4.69) is 5.16 Å². The molecule has 5 heteroatoms. The Morgan fingerprint density at radius 2 is 2.07 bits per heavy atom. The van der Waals surface area contributed by atoms with Gasteiger partial charge in [0.05, 0.1) is 6.61 Å². The first-order valence-electron chi connectivity index (χ1n) is 4.07. The monoisotopic (exact) mass is 214 g/mol. The quantitative estimate of drug-likeness (QED) is 0.348. The number of oxime groups is 1. The van der Waals surface area contributed by atoms with Crippen LogP contribution in [0.1, 0.15) is 6.42 Å². The third-order valence-corrected chi connectivity index (χ3v) is 1.82. The SMILES string of the molecule is N/C(CCOc1ccc(Cl)cc1)=N\O. The number of hydrogen-bond donors (Lipinski definition) is 2. The van der Waals surface area contributed by atoms with Gasteiger partial charge < -0.3 is 15.7 Å². The average Bonchev–Trinajstić information content (AvgIpc) is 2.21. The molecule has 0 aliphatic heterocycles. The predicted octanol–water partition coefficient (Wildman–Crippen LogP) is 1.86. The summed E-state index contributed by atoms with van der Waals surface area (Å²) in [6.07, 6.45) is 0.388. The first kappa shape index (κ1) is 10.7. The van der Waals surface area contributed by atoms with Crippen molar-refractivity contribution in [3.63, 3.8) is 0 Å². The van der Waals surface area contributed by atoms with Crippen LogP contribution >= 0.6 is 11.6 Å². The Hall–Kier alpha value is -1.42. The molecule has 1 aromatic rings. The summed E-state index contributed by atoms with van der Waals surface area (Å²) in [5, 5.41) is 11.7. The first-order chi connectivity index (χ1) is 6.72. The zero-order valence-electron chi connectivity index (χ0n) is 7.48. The lowest BCUT2D eigenvalue weighted by atomic mass is 10.3. The molecule has 0 saturated carbocycles. The van der Waals surface area contributed by atoms with Gasteiger partial charge in [0.2, 0.25) is 0 Å². The second-order valence-corrected chi connectivity index (χ2v) is 3.08. The van der Waals surface area contributed by atoms with Gasteiger partial charge in [0.1, 0.15) is 11.6 Å². The number of rotatable bonds is 4. The Morgan fingerprint density at radius 1 is 1.43 bits per heavy atom. The van der Waals surface area contributed by atoms with E-state index in [4.69, 9.17) is 27.3 Å². The molecule has 0 aliphatic rings. The van der Waals surface area contributed by atoms with Crippen LogP contribution in [0.2, 0.25) is 5.02 Å². The molecule has 0 amide bonds. The Morgan fingerprint density at radius 3 is 2.64 bits per heavy atom. The highest BCUT2D eigenvalue weighted by Gasteiger charge is 1.96. The normalized spacial score (nSPS) is 11.4. The number of nitrogens with zero attached hydrogens (tertiary/aromatic N) is 1. The number of amidine groups is 1. The predicted molar refractivity (Wildman–Crippen MR) is 55.0 cm³/mol. The summed E-state index contributed by atoms with van der Waals surface area (Å²) in [6, 6.07) is 6.99. The van der Waals surface area contributed by atoms with Crippen LogP contribution in [0.25, 0.3) is 0 Å². The van der Waals surface area contributed by atoms with Crippen molar-refractivity contribution in [1.82, 2.24) is 0 Å². The minimum atomic E-state index is 0.152. The van der Waals surface area contributed by atoms with Crippen molar-refractivity contribution in [2.24, 2.45) is 10.9 Å². The van der Waals surface area contributed by atoms with Gasteiger partial charge in [-0.3, -0.25) is 0 Å². The summed E-state index contributed by atoms with van der Waals surface area (Å²) in [5.74, 6) is 0.860. The number of nitrogens with two attached hydrogens (primary N) is 1. The molecule has 0 bridgehead atoms. The van der Waals surface area contributed by atoms with E-state index in [1.54, 1.807) is 24.3 Å². The van der Waals surface area contributed by atoms with Crippen molar-refractivity contribution in [3.8, 4) is 5.75 Å². The van der Waals surface area contributed by atoms with Gasteiger partial charge >= 0.3 is 0 Å². The zero-order valence-corrected chi connectivity index (χ0v) is 8.24. The van der Waals surface area contributed by atoms with E-state index in [1.807, 2.05) is 0 Å².